The van der Waals surface area contributed by atoms with Crippen molar-refractivity contribution >= 4 is 21.6 Å². The van der Waals surface area contributed by atoms with Crippen LogP contribution in [-0.2, 0) is 10.0 Å². The number of sulfonamides is 1. The molecule has 0 radical (unpaired) electrons. The van der Waals surface area contributed by atoms with Crippen LogP contribution in [0.5, 0.6) is 5.75 Å². The highest BCUT2D eigenvalue weighted by molar-refractivity contribution is 7.89. The Kier molecular flexibility index (Phi) is 6.76. The summed E-state index contributed by atoms with van der Waals surface area (Å²) in [7, 11) is -3.51. The third-order valence-electron chi connectivity index (χ3n) is 3.45. The second-order valence-corrected chi connectivity index (χ2v) is 7.83. The van der Waals surface area contributed by atoms with Gasteiger partial charge in [-0.25, -0.2) is 13.1 Å². The Morgan fingerprint density at radius 2 is 1.65 bits per heavy atom. The first-order valence-electron chi connectivity index (χ1n) is 8.49. The maximum Gasteiger partial charge on any atom is 0.255 e. The van der Waals surface area contributed by atoms with Crippen LogP contribution in [0, 0.1) is 0 Å². The zero-order valence-electron chi connectivity index (χ0n) is 15.2. The molecule has 26 heavy (non-hydrogen) atoms. The Morgan fingerprint density at radius 3 is 2.19 bits per heavy atom. The largest absolute Gasteiger partial charge is 0.491 e. The number of nitrogens with one attached hydrogen (secondary N) is 2. The molecule has 0 unspecified atom stereocenters. The summed E-state index contributed by atoms with van der Waals surface area (Å²) in [6, 6.07) is 12.9. The second kappa shape index (κ2) is 8.82. The van der Waals surface area contributed by atoms with E-state index >= 15 is 0 Å². The molecule has 0 aliphatic carbocycles. The topological polar surface area (TPSA) is 84.5 Å². The Labute approximate surface area is 154 Å². The molecule has 2 rings (SSSR count). The summed E-state index contributed by atoms with van der Waals surface area (Å²) in [5, 5.41) is 2.75. The maximum atomic E-state index is 12.3. The van der Waals surface area contributed by atoms with Gasteiger partial charge in [0, 0.05) is 17.8 Å². The van der Waals surface area contributed by atoms with Crippen molar-refractivity contribution in [3.8, 4) is 5.75 Å². The summed E-state index contributed by atoms with van der Waals surface area (Å²) >= 11 is 0. The standard InChI is InChI=1S/C19H24N2O4S/c1-4-13-20-26(23,24)18-11-7-16(8-12-18)21-19(22)15-5-9-17(10-6-15)25-14(2)3/h5-12,14,20H,4,13H2,1-3H3,(H,21,22). The SMILES string of the molecule is CCCNS(=O)(=O)c1ccc(NC(=O)c2ccc(OC(C)C)cc2)cc1. The van der Waals surface area contributed by atoms with Gasteiger partial charge in [0.15, 0.2) is 0 Å². The van der Waals surface area contributed by atoms with Gasteiger partial charge in [0.25, 0.3) is 5.91 Å². The highest BCUT2D eigenvalue weighted by Gasteiger charge is 2.13. The summed E-state index contributed by atoms with van der Waals surface area (Å²) < 4.78 is 32.1. The van der Waals surface area contributed by atoms with Gasteiger partial charge in [-0.15, -0.1) is 0 Å². The molecule has 0 saturated carbocycles. The van der Waals surface area contributed by atoms with Crippen molar-refractivity contribution in [2.75, 3.05) is 11.9 Å². The molecule has 140 valence electrons. The van der Waals surface area contributed by atoms with E-state index < -0.39 is 10.0 Å². The van der Waals surface area contributed by atoms with Crippen molar-refractivity contribution in [1.29, 1.82) is 0 Å². The lowest BCUT2D eigenvalue weighted by Crippen LogP contribution is -2.24. The zero-order chi connectivity index (χ0) is 19.2. The monoisotopic (exact) mass is 376 g/mol. The van der Waals surface area contributed by atoms with Gasteiger partial charge < -0.3 is 10.1 Å². The molecule has 0 aliphatic rings. The predicted octanol–water partition coefficient (Wildman–Crippen LogP) is 3.41. The summed E-state index contributed by atoms with van der Waals surface area (Å²) in [5.74, 6) is 0.423. The van der Waals surface area contributed by atoms with Crippen LogP contribution in [0.1, 0.15) is 37.6 Å². The number of hydrogen-bond donors (Lipinski definition) is 2. The van der Waals surface area contributed by atoms with Gasteiger partial charge in [-0.1, -0.05) is 6.92 Å². The zero-order valence-corrected chi connectivity index (χ0v) is 16.0. The fourth-order valence-electron chi connectivity index (χ4n) is 2.20. The van der Waals surface area contributed by atoms with Gasteiger partial charge in [-0.05, 0) is 68.8 Å². The lowest BCUT2D eigenvalue weighted by molar-refractivity contribution is 0.102. The van der Waals surface area contributed by atoms with Crippen LogP contribution in [0.2, 0.25) is 0 Å². The Morgan fingerprint density at radius 1 is 1.04 bits per heavy atom. The molecular formula is C19H24N2O4S. The third kappa shape index (κ3) is 5.57. The van der Waals surface area contributed by atoms with Gasteiger partial charge in [-0.2, -0.15) is 0 Å². The van der Waals surface area contributed by atoms with E-state index in [1.165, 1.54) is 12.1 Å². The van der Waals surface area contributed by atoms with Gasteiger partial charge in [0.2, 0.25) is 10.0 Å². The van der Waals surface area contributed by atoms with Crippen molar-refractivity contribution in [2.24, 2.45) is 0 Å². The van der Waals surface area contributed by atoms with Gasteiger partial charge in [-0.3, -0.25) is 4.79 Å². The molecule has 0 heterocycles. The lowest BCUT2D eigenvalue weighted by atomic mass is 10.2. The maximum absolute atomic E-state index is 12.3. The molecular weight excluding hydrogens is 352 g/mol. The van der Waals surface area contributed by atoms with Crippen molar-refractivity contribution < 1.29 is 17.9 Å². The number of anilines is 1. The number of ether oxygens (including phenoxy) is 1. The molecule has 0 fully saturated rings. The summed E-state index contributed by atoms with van der Waals surface area (Å²) in [6.07, 6.45) is 0.783. The number of rotatable bonds is 8. The molecule has 6 nitrogen and oxygen atoms in total. The molecule has 2 N–H and O–H groups in total. The molecule has 1 amide bonds. The fourth-order valence-corrected chi connectivity index (χ4v) is 3.33. The first kappa shape index (κ1) is 19.9. The van der Waals surface area contributed by atoms with E-state index in [1.807, 2.05) is 20.8 Å². The van der Waals surface area contributed by atoms with Gasteiger partial charge >= 0.3 is 0 Å². The van der Waals surface area contributed by atoms with Crippen LogP contribution in [0.15, 0.2) is 53.4 Å². The Hall–Kier alpha value is -2.38. The van der Waals surface area contributed by atoms with E-state index in [0.717, 1.165) is 0 Å². The van der Waals surface area contributed by atoms with E-state index in [2.05, 4.69) is 10.0 Å². The highest BCUT2D eigenvalue weighted by atomic mass is 32.2. The average Bonchev–Trinajstić information content (AvgIpc) is 2.60. The molecule has 0 atom stereocenters. The predicted molar refractivity (Wildman–Crippen MR) is 102 cm³/mol. The summed E-state index contributed by atoms with van der Waals surface area (Å²) in [4.78, 5) is 12.5. The first-order valence-corrected chi connectivity index (χ1v) is 9.98. The number of hydrogen-bond acceptors (Lipinski definition) is 4. The molecule has 2 aromatic carbocycles. The molecule has 2 aromatic rings. The second-order valence-electron chi connectivity index (χ2n) is 6.07. The molecule has 0 aromatic heterocycles. The van der Waals surface area contributed by atoms with Crippen LogP contribution < -0.4 is 14.8 Å². The van der Waals surface area contributed by atoms with Crippen LogP contribution in [-0.4, -0.2) is 27.0 Å². The van der Waals surface area contributed by atoms with Gasteiger partial charge in [0.1, 0.15) is 5.75 Å². The minimum atomic E-state index is -3.51. The van der Waals surface area contributed by atoms with Crippen molar-refractivity contribution in [2.45, 2.75) is 38.2 Å². The average molecular weight is 376 g/mol. The molecule has 0 spiro atoms. The molecule has 0 saturated heterocycles. The van der Waals surface area contributed by atoms with E-state index in [9.17, 15) is 13.2 Å². The van der Waals surface area contributed by atoms with E-state index in [-0.39, 0.29) is 16.9 Å². The lowest BCUT2D eigenvalue weighted by Gasteiger charge is -2.10. The fraction of sp³-hybridized carbons (Fsp3) is 0.316. The number of benzene rings is 2. The third-order valence-corrected chi connectivity index (χ3v) is 4.93. The smallest absolute Gasteiger partial charge is 0.255 e. The van der Waals surface area contributed by atoms with Crippen molar-refractivity contribution in [3.05, 3.63) is 54.1 Å². The number of carbonyl (C=O) groups is 1. The highest BCUT2D eigenvalue weighted by Crippen LogP contribution is 2.17. The van der Waals surface area contributed by atoms with E-state index in [0.29, 0.717) is 30.0 Å². The minimum Gasteiger partial charge on any atom is -0.491 e. The normalized spacial score (nSPS) is 11.4. The number of carbonyl (C=O) groups excluding carboxylic acids is 1. The molecule has 0 aliphatic heterocycles. The van der Waals surface area contributed by atoms with Crippen molar-refractivity contribution in [1.82, 2.24) is 4.72 Å². The Bertz CT molecular complexity index is 829. The quantitative estimate of drug-likeness (QED) is 0.739. The van der Waals surface area contributed by atoms with Crippen LogP contribution in [0.25, 0.3) is 0 Å². The Balaban J connectivity index is 2.03. The van der Waals surface area contributed by atoms with Crippen LogP contribution in [0.4, 0.5) is 5.69 Å². The van der Waals surface area contributed by atoms with Crippen molar-refractivity contribution in [3.63, 3.8) is 0 Å². The number of amides is 1. The first-order chi connectivity index (χ1) is 12.3. The van der Waals surface area contributed by atoms with E-state index in [4.69, 9.17) is 4.74 Å². The van der Waals surface area contributed by atoms with Crippen LogP contribution >= 0.6 is 0 Å². The minimum absolute atomic E-state index is 0.0660. The van der Waals surface area contributed by atoms with E-state index in [1.54, 1.807) is 36.4 Å². The molecule has 0 bridgehead atoms. The van der Waals surface area contributed by atoms with Crippen LogP contribution in [0.3, 0.4) is 0 Å². The summed E-state index contributed by atoms with van der Waals surface area (Å²) in [5.41, 5.74) is 1.01. The summed E-state index contributed by atoms with van der Waals surface area (Å²) in [6.45, 7) is 6.14. The van der Waals surface area contributed by atoms with Gasteiger partial charge in [0.05, 0.1) is 11.0 Å². The molecule has 7 heteroatoms.